The summed E-state index contributed by atoms with van der Waals surface area (Å²) in [5, 5.41) is 4.63. The number of rotatable bonds is 3. The van der Waals surface area contributed by atoms with Gasteiger partial charge in [0, 0.05) is 23.7 Å². The average molecular weight is 283 g/mol. The highest BCUT2D eigenvalue weighted by molar-refractivity contribution is 7.99. The Balaban J connectivity index is 1.83. The Bertz CT molecular complexity index is 412. The third-order valence-corrected chi connectivity index (χ3v) is 6.41. The standard InChI is InChI=1S/C13H21N3S2/c1-14-10-4-3-5-11-12(10)15-13(18-11)16(2)9-6-7-17-8-9/h9-10,14H,3-8H2,1-2H3. The van der Waals surface area contributed by atoms with Crippen molar-refractivity contribution in [1.29, 1.82) is 0 Å². The summed E-state index contributed by atoms with van der Waals surface area (Å²) in [6.07, 6.45) is 5.05. The Hall–Kier alpha value is -0.260. The fourth-order valence-corrected chi connectivity index (χ4v) is 5.29. The lowest BCUT2D eigenvalue weighted by molar-refractivity contribution is 0.489. The second-order valence-electron chi connectivity index (χ2n) is 5.17. The highest BCUT2D eigenvalue weighted by Gasteiger charge is 2.27. The number of fused-ring (bicyclic) bond motifs is 1. The van der Waals surface area contributed by atoms with Gasteiger partial charge in [0.1, 0.15) is 0 Å². The van der Waals surface area contributed by atoms with Crippen molar-refractivity contribution in [1.82, 2.24) is 10.3 Å². The first-order chi connectivity index (χ1) is 8.79. The smallest absolute Gasteiger partial charge is 0.185 e. The predicted molar refractivity (Wildman–Crippen MR) is 81.0 cm³/mol. The van der Waals surface area contributed by atoms with Crippen LogP contribution < -0.4 is 10.2 Å². The summed E-state index contributed by atoms with van der Waals surface area (Å²) in [5.41, 5.74) is 1.32. The molecule has 1 aromatic rings. The number of thiazole rings is 1. The molecule has 2 unspecified atom stereocenters. The van der Waals surface area contributed by atoms with E-state index in [-0.39, 0.29) is 0 Å². The van der Waals surface area contributed by atoms with Gasteiger partial charge in [-0.2, -0.15) is 11.8 Å². The van der Waals surface area contributed by atoms with Crippen LogP contribution >= 0.6 is 23.1 Å². The molecule has 0 spiro atoms. The molecule has 1 fully saturated rings. The maximum absolute atomic E-state index is 4.92. The van der Waals surface area contributed by atoms with E-state index in [1.54, 1.807) is 0 Å². The molecule has 0 radical (unpaired) electrons. The van der Waals surface area contributed by atoms with Crippen LogP contribution in [0.1, 0.15) is 35.9 Å². The Morgan fingerprint density at radius 3 is 3.00 bits per heavy atom. The number of hydrogen-bond acceptors (Lipinski definition) is 5. The van der Waals surface area contributed by atoms with Crippen LogP contribution in [-0.4, -0.2) is 36.6 Å². The van der Waals surface area contributed by atoms with E-state index in [4.69, 9.17) is 4.98 Å². The number of aromatic nitrogens is 1. The van der Waals surface area contributed by atoms with Gasteiger partial charge in [0.05, 0.1) is 11.7 Å². The third kappa shape index (κ3) is 2.28. The molecule has 1 saturated heterocycles. The second kappa shape index (κ2) is 5.39. The lowest BCUT2D eigenvalue weighted by Crippen LogP contribution is -2.31. The number of thioether (sulfide) groups is 1. The first kappa shape index (κ1) is 12.8. The molecule has 2 heterocycles. The molecule has 1 aliphatic carbocycles. The van der Waals surface area contributed by atoms with Gasteiger partial charge in [-0.25, -0.2) is 4.98 Å². The van der Waals surface area contributed by atoms with Crippen molar-refractivity contribution in [2.75, 3.05) is 30.5 Å². The topological polar surface area (TPSA) is 28.2 Å². The minimum Gasteiger partial charge on any atom is -0.347 e. The molecule has 1 aliphatic heterocycles. The van der Waals surface area contributed by atoms with E-state index in [9.17, 15) is 0 Å². The van der Waals surface area contributed by atoms with Crippen molar-refractivity contribution in [3.05, 3.63) is 10.6 Å². The van der Waals surface area contributed by atoms with Crippen LogP contribution in [0, 0.1) is 0 Å². The molecule has 0 aromatic carbocycles. The quantitative estimate of drug-likeness (QED) is 0.923. The van der Waals surface area contributed by atoms with Gasteiger partial charge in [-0.15, -0.1) is 11.3 Å². The van der Waals surface area contributed by atoms with E-state index in [0.29, 0.717) is 12.1 Å². The van der Waals surface area contributed by atoms with Gasteiger partial charge in [0.2, 0.25) is 0 Å². The zero-order valence-electron chi connectivity index (χ0n) is 11.1. The van der Waals surface area contributed by atoms with E-state index in [1.807, 2.05) is 11.3 Å². The largest absolute Gasteiger partial charge is 0.347 e. The molecule has 3 nitrogen and oxygen atoms in total. The normalized spacial score (nSPS) is 27.2. The molecule has 0 saturated carbocycles. The van der Waals surface area contributed by atoms with Crippen LogP contribution in [0.25, 0.3) is 0 Å². The van der Waals surface area contributed by atoms with Crippen LogP contribution in [0.5, 0.6) is 0 Å². The Morgan fingerprint density at radius 2 is 2.28 bits per heavy atom. The lowest BCUT2D eigenvalue weighted by Gasteiger charge is -2.22. The molecule has 3 rings (SSSR count). The maximum atomic E-state index is 4.92. The van der Waals surface area contributed by atoms with Crippen molar-refractivity contribution >= 4 is 28.2 Å². The van der Waals surface area contributed by atoms with Crippen molar-refractivity contribution in [3.63, 3.8) is 0 Å². The average Bonchev–Trinajstić information content (AvgIpc) is 3.05. The maximum Gasteiger partial charge on any atom is 0.185 e. The molecular formula is C13H21N3S2. The van der Waals surface area contributed by atoms with E-state index in [2.05, 4.69) is 36.1 Å². The van der Waals surface area contributed by atoms with Gasteiger partial charge >= 0.3 is 0 Å². The molecule has 2 aliphatic rings. The molecule has 100 valence electrons. The first-order valence-corrected chi connectivity index (χ1v) is 8.74. The van der Waals surface area contributed by atoms with E-state index >= 15 is 0 Å². The minimum absolute atomic E-state index is 0.477. The predicted octanol–water partition coefficient (Wildman–Crippen LogP) is 2.68. The van der Waals surface area contributed by atoms with E-state index in [0.717, 1.165) is 0 Å². The van der Waals surface area contributed by atoms with Crippen molar-refractivity contribution in [2.24, 2.45) is 0 Å². The van der Waals surface area contributed by atoms with Gasteiger partial charge < -0.3 is 10.2 Å². The second-order valence-corrected chi connectivity index (χ2v) is 7.38. The number of nitrogens with one attached hydrogen (secondary N) is 1. The SMILES string of the molecule is CNC1CCCc2sc(N(C)C3CCSC3)nc21. The van der Waals surface area contributed by atoms with Gasteiger partial charge in [0.25, 0.3) is 0 Å². The molecule has 1 aromatic heterocycles. The Morgan fingerprint density at radius 1 is 1.39 bits per heavy atom. The third-order valence-electron chi connectivity index (χ3n) is 4.05. The molecule has 18 heavy (non-hydrogen) atoms. The Kier molecular flexibility index (Phi) is 3.82. The van der Waals surface area contributed by atoms with Crippen LogP contribution in [0.3, 0.4) is 0 Å². The zero-order valence-corrected chi connectivity index (χ0v) is 12.7. The summed E-state index contributed by atoms with van der Waals surface area (Å²) in [7, 11) is 4.27. The molecule has 5 heteroatoms. The summed E-state index contributed by atoms with van der Waals surface area (Å²) >= 11 is 3.98. The summed E-state index contributed by atoms with van der Waals surface area (Å²) in [6.45, 7) is 0. The van der Waals surface area contributed by atoms with Gasteiger partial charge in [-0.3, -0.25) is 0 Å². The fourth-order valence-electron chi connectivity index (χ4n) is 2.82. The Labute approximate surface area is 117 Å². The lowest BCUT2D eigenvalue weighted by atomic mass is 9.98. The molecule has 0 bridgehead atoms. The number of hydrogen-bond donors (Lipinski definition) is 1. The van der Waals surface area contributed by atoms with Crippen LogP contribution in [0.15, 0.2) is 0 Å². The molecular weight excluding hydrogens is 262 g/mol. The van der Waals surface area contributed by atoms with Crippen molar-refractivity contribution in [3.8, 4) is 0 Å². The zero-order chi connectivity index (χ0) is 12.5. The number of anilines is 1. The summed E-state index contributed by atoms with van der Waals surface area (Å²) in [4.78, 5) is 8.84. The number of aryl methyl sites for hydroxylation is 1. The highest BCUT2D eigenvalue weighted by Crippen LogP contribution is 2.37. The monoisotopic (exact) mass is 283 g/mol. The fraction of sp³-hybridized carbons (Fsp3) is 0.769. The number of nitrogens with zero attached hydrogens (tertiary/aromatic N) is 2. The van der Waals surface area contributed by atoms with E-state index in [1.165, 1.54) is 52.9 Å². The van der Waals surface area contributed by atoms with Crippen LogP contribution in [0.2, 0.25) is 0 Å². The molecule has 2 atom stereocenters. The minimum atomic E-state index is 0.477. The summed E-state index contributed by atoms with van der Waals surface area (Å²) in [6, 6.07) is 1.17. The van der Waals surface area contributed by atoms with E-state index < -0.39 is 0 Å². The van der Waals surface area contributed by atoms with Gasteiger partial charge in [-0.05, 0) is 38.5 Å². The van der Waals surface area contributed by atoms with Crippen LogP contribution in [0.4, 0.5) is 5.13 Å². The first-order valence-electron chi connectivity index (χ1n) is 6.77. The van der Waals surface area contributed by atoms with Crippen molar-refractivity contribution < 1.29 is 0 Å². The summed E-state index contributed by atoms with van der Waals surface area (Å²) in [5.74, 6) is 2.56. The summed E-state index contributed by atoms with van der Waals surface area (Å²) < 4.78 is 0. The molecule has 0 amide bonds. The highest BCUT2D eigenvalue weighted by atomic mass is 32.2. The van der Waals surface area contributed by atoms with Gasteiger partial charge in [-0.1, -0.05) is 0 Å². The van der Waals surface area contributed by atoms with Crippen molar-refractivity contribution in [2.45, 2.75) is 37.8 Å². The molecule has 1 N–H and O–H groups in total. The van der Waals surface area contributed by atoms with Crippen LogP contribution in [-0.2, 0) is 6.42 Å². The van der Waals surface area contributed by atoms with Gasteiger partial charge in [0.15, 0.2) is 5.13 Å².